The van der Waals surface area contributed by atoms with Crippen molar-refractivity contribution in [3.8, 4) is 5.75 Å². The number of carbonyl (C=O) groups excluding carboxylic acids is 1. The lowest BCUT2D eigenvalue weighted by molar-refractivity contribution is -0.135. The third kappa shape index (κ3) is 2.89. The third-order valence-electron chi connectivity index (χ3n) is 3.03. The van der Waals surface area contributed by atoms with E-state index in [0.717, 1.165) is 34.2 Å². The van der Waals surface area contributed by atoms with E-state index in [0.29, 0.717) is 5.92 Å². The van der Waals surface area contributed by atoms with Gasteiger partial charge in [0.2, 0.25) is 0 Å². The van der Waals surface area contributed by atoms with Gasteiger partial charge in [-0.15, -0.1) is 0 Å². The molecule has 1 aromatic rings. The molecule has 0 radical (unpaired) electrons. The van der Waals surface area contributed by atoms with Gasteiger partial charge in [0.05, 0.1) is 5.92 Å². The van der Waals surface area contributed by atoms with Crippen LogP contribution in [0.15, 0.2) is 16.6 Å². The number of carbonyl (C=O) groups is 1. The lowest BCUT2D eigenvalue weighted by Gasteiger charge is -2.14. The molecular formula is C14H17BrO2. The molecule has 0 atom stereocenters. The summed E-state index contributed by atoms with van der Waals surface area (Å²) >= 11 is 3.52. The highest BCUT2D eigenvalue weighted by atomic mass is 79.9. The summed E-state index contributed by atoms with van der Waals surface area (Å²) in [6.45, 7) is 6.21. The maximum atomic E-state index is 11.7. The highest BCUT2D eigenvalue weighted by Crippen LogP contribution is 2.35. The van der Waals surface area contributed by atoms with Crippen molar-refractivity contribution in [2.75, 3.05) is 0 Å². The SMILES string of the molecule is Cc1cc(OC(=O)C2CC2)c(C(C)C)cc1Br. The predicted molar refractivity (Wildman–Crippen MR) is 71.3 cm³/mol. The van der Waals surface area contributed by atoms with Crippen LogP contribution >= 0.6 is 15.9 Å². The van der Waals surface area contributed by atoms with Crippen molar-refractivity contribution < 1.29 is 9.53 Å². The highest BCUT2D eigenvalue weighted by Gasteiger charge is 2.32. The summed E-state index contributed by atoms with van der Waals surface area (Å²) in [6.07, 6.45) is 1.96. The van der Waals surface area contributed by atoms with Crippen LogP contribution in [0.5, 0.6) is 5.75 Å². The molecule has 3 heteroatoms. The van der Waals surface area contributed by atoms with Gasteiger partial charge >= 0.3 is 5.97 Å². The van der Waals surface area contributed by atoms with Crippen LogP contribution in [0.4, 0.5) is 0 Å². The highest BCUT2D eigenvalue weighted by molar-refractivity contribution is 9.10. The zero-order valence-corrected chi connectivity index (χ0v) is 12.0. The molecular weight excluding hydrogens is 280 g/mol. The monoisotopic (exact) mass is 296 g/mol. The second-order valence-electron chi connectivity index (χ2n) is 4.99. The van der Waals surface area contributed by atoms with Gasteiger partial charge in [-0.05, 0) is 48.9 Å². The average molecular weight is 297 g/mol. The van der Waals surface area contributed by atoms with E-state index in [1.54, 1.807) is 0 Å². The predicted octanol–water partition coefficient (Wildman–Crippen LogP) is 4.20. The summed E-state index contributed by atoms with van der Waals surface area (Å²) in [5.41, 5.74) is 2.17. The van der Waals surface area contributed by atoms with Gasteiger partial charge in [0.15, 0.2) is 0 Å². The number of aryl methyl sites for hydroxylation is 1. The molecule has 0 bridgehead atoms. The molecule has 0 spiro atoms. The molecule has 0 amide bonds. The van der Waals surface area contributed by atoms with Crippen LogP contribution in [0.3, 0.4) is 0 Å². The Bertz CT molecular complexity index is 448. The standard InChI is InChI=1S/C14H17BrO2/c1-8(2)11-7-12(15)9(3)6-13(11)17-14(16)10-4-5-10/h6-8,10H,4-5H2,1-3H3. The average Bonchev–Trinajstić information content (AvgIpc) is 3.06. The first-order chi connectivity index (χ1) is 7.99. The molecule has 1 aliphatic rings. The van der Waals surface area contributed by atoms with Gasteiger partial charge < -0.3 is 4.74 Å². The minimum absolute atomic E-state index is 0.0753. The van der Waals surface area contributed by atoms with Crippen LogP contribution < -0.4 is 4.74 Å². The molecule has 2 rings (SSSR count). The summed E-state index contributed by atoms with van der Waals surface area (Å²) in [5.74, 6) is 1.12. The Kier molecular flexibility index (Phi) is 3.57. The van der Waals surface area contributed by atoms with E-state index < -0.39 is 0 Å². The van der Waals surface area contributed by atoms with E-state index in [1.807, 2.05) is 13.0 Å². The molecule has 0 N–H and O–H groups in total. The van der Waals surface area contributed by atoms with E-state index >= 15 is 0 Å². The first-order valence-electron chi connectivity index (χ1n) is 6.00. The Labute approximate surface area is 110 Å². The molecule has 0 aliphatic heterocycles. The van der Waals surface area contributed by atoms with Crippen molar-refractivity contribution in [2.24, 2.45) is 5.92 Å². The maximum absolute atomic E-state index is 11.7. The number of rotatable bonds is 3. The minimum atomic E-state index is -0.0753. The molecule has 1 aromatic carbocycles. The molecule has 0 unspecified atom stereocenters. The fourth-order valence-electron chi connectivity index (χ4n) is 1.72. The summed E-state index contributed by atoms with van der Waals surface area (Å²) < 4.78 is 6.57. The van der Waals surface area contributed by atoms with Crippen LogP contribution in [0.2, 0.25) is 0 Å². The summed E-state index contributed by atoms with van der Waals surface area (Å²) in [6, 6.07) is 4.00. The van der Waals surface area contributed by atoms with Gasteiger partial charge in [-0.3, -0.25) is 4.79 Å². The maximum Gasteiger partial charge on any atom is 0.314 e. The van der Waals surface area contributed by atoms with E-state index in [9.17, 15) is 4.79 Å². The quantitative estimate of drug-likeness (QED) is 0.617. The van der Waals surface area contributed by atoms with Crippen LogP contribution in [0.25, 0.3) is 0 Å². The van der Waals surface area contributed by atoms with Crippen LogP contribution in [-0.4, -0.2) is 5.97 Å². The van der Waals surface area contributed by atoms with Crippen LogP contribution in [0.1, 0.15) is 43.7 Å². The topological polar surface area (TPSA) is 26.3 Å². The Morgan fingerprint density at radius 2 is 2.06 bits per heavy atom. The summed E-state index contributed by atoms with van der Waals surface area (Å²) in [5, 5.41) is 0. The largest absolute Gasteiger partial charge is 0.426 e. The second kappa shape index (κ2) is 4.81. The summed E-state index contributed by atoms with van der Waals surface area (Å²) in [4.78, 5) is 11.7. The Morgan fingerprint density at radius 1 is 1.41 bits per heavy atom. The van der Waals surface area contributed by atoms with Crippen molar-refractivity contribution in [2.45, 2.75) is 39.5 Å². The number of esters is 1. The zero-order valence-electron chi connectivity index (χ0n) is 10.4. The van der Waals surface area contributed by atoms with Crippen molar-refractivity contribution in [3.63, 3.8) is 0 Å². The van der Waals surface area contributed by atoms with Crippen molar-refractivity contribution in [1.82, 2.24) is 0 Å². The Hall–Kier alpha value is -0.830. The van der Waals surface area contributed by atoms with Gasteiger partial charge in [-0.1, -0.05) is 29.8 Å². The van der Waals surface area contributed by atoms with Gasteiger partial charge in [0.25, 0.3) is 0 Å². The Morgan fingerprint density at radius 3 is 2.59 bits per heavy atom. The van der Waals surface area contributed by atoms with E-state index in [2.05, 4.69) is 35.8 Å². The molecule has 1 saturated carbocycles. The van der Waals surface area contributed by atoms with Crippen LogP contribution in [0, 0.1) is 12.8 Å². The van der Waals surface area contributed by atoms with Gasteiger partial charge in [-0.25, -0.2) is 0 Å². The molecule has 0 saturated heterocycles. The van der Waals surface area contributed by atoms with E-state index in [4.69, 9.17) is 4.74 Å². The lowest BCUT2D eigenvalue weighted by Crippen LogP contribution is -2.11. The van der Waals surface area contributed by atoms with E-state index in [-0.39, 0.29) is 11.9 Å². The third-order valence-corrected chi connectivity index (χ3v) is 3.89. The number of hydrogen-bond donors (Lipinski definition) is 0. The fourth-order valence-corrected chi connectivity index (χ4v) is 2.08. The minimum Gasteiger partial charge on any atom is -0.426 e. The van der Waals surface area contributed by atoms with Crippen molar-refractivity contribution in [3.05, 3.63) is 27.7 Å². The van der Waals surface area contributed by atoms with Gasteiger partial charge in [0.1, 0.15) is 5.75 Å². The smallest absolute Gasteiger partial charge is 0.314 e. The molecule has 2 nitrogen and oxygen atoms in total. The first-order valence-corrected chi connectivity index (χ1v) is 6.80. The molecule has 1 fully saturated rings. The van der Waals surface area contributed by atoms with Crippen molar-refractivity contribution >= 4 is 21.9 Å². The van der Waals surface area contributed by atoms with Gasteiger partial charge in [-0.2, -0.15) is 0 Å². The number of ether oxygens (including phenoxy) is 1. The van der Waals surface area contributed by atoms with Crippen molar-refractivity contribution in [1.29, 1.82) is 0 Å². The fraction of sp³-hybridized carbons (Fsp3) is 0.500. The normalized spacial score (nSPS) is 15.1. The zero-order chi connectivity index (χ0) is 12.6. The molecule has 0 heterocycles. The first kappa shape index (κ1) is 12.6. The number of benzene rings is 1. The number of hydrogen-bond acceptors (Lipinski definition) is 2. The summed E-state index contributed by atoms with van der Waals surface area (Å²) in [7, 11) is 0. The Balaban J connectivity index is 2.29. The lowest BCUT2D eigenvalue weighted by atomic mass is 10.0. The molecule has 92 valence electrons. The second-order valence-corrected chi connectivity index (χ2v) is 5.84. The molecule has 0 aromatic heterocycles. The number of halogens is 1. The van der Waals surface area contributed by atoms with Crippen LogP contribution in [-0.2, 0) is 4.79 Å². The van der Waals surface area contributed by atoms with Gasteiger partial charge in [0, 0.05) is 4.47 Å². The van der Waals surface area contributed by atoms with E-state index in [1.165, 1.54) is 0 Å². The molecule has 1 aliphatic carbocycles. The molecule has 17 heavy (non-hydrogen) atoms.